The van der Waals surface area contributed by atoms with Crippen LogP contribution in [0.25, 0.3) is 0 Å². The lowest BCUT2D eigenvalue weighted by atomic mass is 10.1. The molecule has 0 spiro atoms. The van der Waals surface area contributed by atoms with Crippen molar-refractivity contribution in [3.05, 3.63) is 35.9 Å². The quantitative estimate of drug-likeness (QED) is 0.667. The third-order valence-corrected chi connectivity index (χ3v) is 3.24. The van der Waals surface area contributed by atoms with Gasteiger partial charge in [-0.1, -0.05) is 57.5 Å². The van der Waals surface area contributed by atoms with Gasteiger partial charge >= 0.3 is 0 Å². The highest BCUT2D eigenvalue weighted by Crippen LogP contribution is 2.14. The minimum absolute atomic E-state index is 0.746. The SMILES string of the molecule is CCCC(CC)N(CC)Cc1ccccc1. The number of hydrogen-bond donors (Lipinski definition) is 0. The first-order valence-corrected chi connectivity index (χ1v) is 6.59. The fraction of sp³-hybridized carbons (Fsp3) is 0.600. The van der Waals surface area contributed by atoms with Crippen LogP contribution in [0.1, 0.15) is 45.6 Å². The maximum absolute atomic E-state index is 2.60. The molecule has 0 saturated carbocycles. The molecule has 16 heavy (non-hydrogen) atoms. The molecule has 0 aromatic heterocycles. The van der Waals surface area contributed by atoms with Gasteiger partial charge in [0.15, 0.2) is 0 Å². The summed E-state index contributed by atoms with van der Waals surface area (Å²) in [5, 5.41) is 0. The second-order valence-electron chi connectivity index (χ2n) is 4.40. The Labute approximate surface area is 100 Å². The number of benzene rings is 1. The molecule has 0 heterocycles. The van der Waals surface area contributed by atoms with Crippen LogP contribution < -0.4 is 0 Å². The first kappa shape index (κ1) is 13.2. The normalized spacial score (nSPS) is 13.0. The van der Waals surface area contributed by atoms with Crippen molar-refractivity contribution in [2.75, 3.05) is 6.54 Å². The molecule has 0 saturated heterocycles. The van der Waals surface area contributed by atoms with Crippen molar-refractivity contribution in [2.45, 2.75) is 52.6 Å². The lowest BCUT2D eigenvalue weighted by Gasteiger charge is -2.29. The van der Waals surface area contributed by atoms with Gasteiger partial charge in [0.1, 0.15) is 0 Å². The Hall–Kier alpha value is -0.820. The summed E-state index contributed by atoms with van der Waals surface area (Å²) in [7, 11) is 0. The van der Waals surface area contributed by atoms with Crippen LogP contribution in [0.5, 0.6) is 0 Å². The van der Waals surface area contributed by atoms with Crippen molar-refractivity contribution in [3.8, 4) is 0 Å². The van der Waals surface area contributed by atoms with Gasteiger partial charge in [-0.05, 0) is 24.9 Å². The molecule has 0 radical (unpaired) electrons. The molecule has 1 nitrogen and oxygen atoms in total. The Morgan fingerprint density at radius 2 is 1.75 bits per heavy atom. The predicted octanol–water partition coefficient (Wildman–Crippen LogP) is 4.09. The molecular weight excluding hydrogens is 194 g/mol. The summed E-state index contributed by atoms with van der Waals surface area (Å²) in [4.78, 5) is 2.60. The van der Waals surface area contributed by atoms with E-state index in [2.05, 4.69) is 56.0 Å². The lowest BCUT2D eigenvalue weighted by molar-refractivity contribution is 0.181. The van der Waals surface area contributed by atoms with E-state index in [1.807, 2.05) is 0 Å². The van der Waals surface area contributed by atoms with Gasteiger partial charge in [-0.15, -0.1) is 0 Å². The fourth-order valence-electron chi connectivity index (χ4n) is 2.30. The summed E-state index contributed by atoms with van der Waals surface area (Å²) in [6.07, 6.45) is 3.86. The smallest absolute Gasteiger partial charge is 0.0236 e. The minimum Gasteiger partial charge on any atom is -0.296 e. The Morgan fingerprint density at radius 1 is 1.06 bits per heavy atom. The molecule has 0 amide bonds. The van der Waals surface area contributed by atoms with E-state index in [-0.39, 0.29) is 0 Å². The van der Waals surface area contributed by atoms with Crippen molar-refractivity contribution < 1.29 is 0 Å². The number of hydrogen-bond acceptors (Lipinski definition) is 1. The summed E-state index contributed by atoms with van der Waals surface area (Å²) < 4.78 is 0. The van der Waals surface area contributed by atoms with Crippen LogP contribution in [0.15, 0.2) is 30.3 Å². The van der Waals surface area contributed by atoms with Crippen molar-refractivity contribution in [2.24, 2.45) is 0 Å². The second-order valence-corrected chi connectivity index (χ2v) is 4.40. The van der Waals surface area contributed by atoms with Gasteiger partial charge in [-0.3, -0.25) is 4.90 Å². The Kier molecular flexibility index (Phi) is 6.17. The second kappa shape index (κ2) is 7.45. The first-order valence-electron chi connectivity index (χ1n) is 6.59. The van der Waals surface area contributed by atoms with Crippen LogP contribution in [0.4, 0.5) is 0 Å². The van der Waals surface area contributed by atoms with E-state index in [1.54, 1.807) is 0 Å². The van der Waals surface area contributed by atoms with Gasteiger partial charge in [-0.25, -0.2) is 0 Å². The van der Waals surface area contributed by atoms with Gasteiger partial charge in [0.2, 0.25) is 0 Å². The molecule has 0 aliphatic rings. The van der Waals surface area contributed by atoms with Crippen LogP contribution in [0.3, 0.4) is 0 Å². The zero-order chi connectivity index (χ0) is 11.8. The largest absolute Gasteiger partial charge is 0.296 e. The number of rotatable bonds is 7. The highest BCUT2D eigenvalue weighted by Gasteiger charge is 2.14. The minimum atomic E-state index is 0.746. The van der Waals surface area contributed by atoms with Crippen LogP contribution in [-0.2, 0) is 6.54 Å². The highest BCUT2D eigenvalue weighted by molar-refractivity contribution is 5.14. The summed E-state index contributed by atoms with van der Waals surface area (Å²) in [5.41, 5.74) is 1.43. The molecule has 1 heteroatoms. The van der Waals surface area contributed by atoms with Crippen LogP contribution in [0.2, 0.25) is 0 Å². The predicted molar refractivity (Wildman–Crippen MR) is 71.5 cm³/mol. The summed E-state index contributed by atoms with van der Waals surface area (Å²) >= 11 is 0. The standard InChI is InChI=1S/C15H25N/c1-4-10-15(5-2)16(6-3)13-14-11-8-7-9-12-14/h7-9,11-12,15H,4-6,10,13H2,1-3H3. The van der Waals surface area contributed by atoms with E-state index < -0.39 is 0 Å². The van der Waals surface area contributed by atoms with Crippen molar-refractivity contribution in [3.63, 3.8) is 0 Å². The van der Waals surface area contributed by atoms with E-state index >= 15 is 0 Å². The van der Waals surface area contributed by atoms with Gasteiger partial charge in [0.05, 0.1) is 0 Å². The van der Waals surface area contributed by atoms with Gasteiger partial charge < -0.3 is 0 Å². The molecule has 90 valence electrons. The maximum atomic E-state index is 2.60. The zero-order valence-electron chi connectivity index (χ0n) is 10.9. The van der Waals surface area contributed by atoms with Crippen LogP contribution in [0, 0.1) is 0 Å². The van der Waals surface area contributed by atoms with Gasteiger partial charge in [-0.2, -0.15) is 0 Å². The molecule has 0 aliphatic carbocycles. The first-order chi connectivity index (χ1) is 7.81. The zero-order valence-corrected chi connectivity index (χ0v) is 10.9. The molecule has 0 aliphatic heterocycles. The van der Waals surface area contributed by atoms with Gasteiger partial charge in [0, 0.05) is 12.6 Å². The summed E-state index contributed by atoms with van der Waals surface area (Å²) in [6.45, 7) is 9.08. The fourth-order valence-corrected chi connectivity index (χ4v) is 2.30. The van der Waals surface area contributed by atoms with Crippen molar-refractivity contribution in [1.82, 2.24) is 4.90 Å². The summed E-state index contributed by atoms with van der Waals surface area (Å²) in [5.74, 6) is 0. The Morgan fingerprint density at radius 3 is 2.25 bits per heavy atom. The van der Waals surface area contributed by atoms with E-state index in [9.17, 15) is 0 Å². The van der Waals surface area contributed by atoms with E-state index in [4.69, 9.17) is 0 Å². The van der Waals surface area contributed by atoms with E-state index in [0.29, 0.717) is 0 Å². The molecular formula is C15H25N. The Bertz CT molecular complexity index is 268. The van der Waals surface area contributed by atoms with Crippen molar-refractivity contribution >= 4 is 0 Å². The Balaban J connectivity index is 2.60. The third-order valence-electron chi connectivity index (χ3n) is 3.24. The van der Waals surface area contributed by atoms with E-state index in [1.165, 1.54) is 24.8 Å². The number of nitrogens with zero attached hydrogens (tertiary/aromatic N) is 1. The molecule has 1 aromatic rings. The molecule has 1 rings (SSSR count). The molecule has 0 fully saturated rings. The summed E-state index contributed by atoms with van der Waals surface area (Å²) in [6, 6.07) is 11.5. The molecule has 1 aromatic carbocycles. The molecule has 0 N–H and O–H groups in total. The van der Waals surface area contributed by atoms with Crippen LogP contribution in [-0.4, -0.2) is 17.5 Å². The maximum Gasteiger partial charge on any atom is 0.0236 e. The third kappa shape index (κ3) is 3.97. The molecule has 0 bridgehead atoms. The average Bonchev–Trinajstić information content (AvgIpc) is 2.35. The average molecular weight is 219 g/mol. The van der Waals surface area contributed by atoms with Gasteiger partial charge in [0.25, 0.3) is 0 Å². The van der Waals surface area contributed by atoms with Crippen LogP contribution >= 0.6 is 0 Å². The van der Waals surface area contributed by atoms with E-state index in [0.717, 1.165) is 19.1 Å². The highest BCUT2D eigenvalue weighted by atomic mass is 15.1. The molecule has 1 unspecified atom stereocenters. The topological polar surface area (TPSA) is 3.24 Å². The molecule has 1 atom stereocenters. The monoisotopic (exact) mass is 219 g/mol. The van der Waals surface area contributed by atoms with Crippen molar-refractivity contribution in [1.29, 1.82) is 0 Å². The lowest BCUT2D eigenvalue weighted by Crippen LogP contribution is -2.34.